The molecular weight excluding hydrogens is 438 g/mol. The molecule has 0 bridgehead atoms. The number of anilines is 1. The Labute approximate surface area is 207 Å². The average molecular weight is 470 g/mol. The summed E-state index contributed by atoms with van der Waals surface area (Å²) in [6.07, 6.45) is 8.04. The molecule has 0 saturated heterocycles. The fourth-order valence-corrected chi connectivity index (χ4v) is 3.42. The zero-order chi connectivity index (χ0) is 25.8. The van der Waals surface area contributed by atoms with Gasteiger partial charge in [-0.25, -0.2) is 0 Å². The van der Waals surface area contributed by atoms with E-state index in [0.717, 1.165) is 33.7 Å². The molecule has 5 heteroatoms. The maximum Gasteiger partial charge on any atom is 0.161 e. The highest BCUT2D eigenvalue weighted by molar-refractivity contribution is 6.00. The minimum Gasteiger partial charge on any atom is -0.507 e. The van der Waals surface area contributed by atoms with Gasteiger partial charge in [-0.15, -0.1) is 0 Å². The summed E-state index contributed by atoms with van der Waals surface area (Å²) in [6.45, 7) is 7.21. The predicted molar refractivity (Wildman–Crippen MR) is 144 cm³/mol. The van der Waals surface area contributed by atoms with Crippen LogP contribution in [0.5, 0.6) is 11.5 Å². The van der Waals surface area contributed by atoms with Gasteiger partial charge < -0.3 is 15.2 Å². The van der Waals surface area contributed by atoms with Crippen LogP contribution in [-0.4, -0.2) is 31.3 Å². The second-order valence-electron chi connectivity index (χ2n) is 7.51. The van der Waals surface area contributed by atoms with Crippen molar-refractivity contribution in [1.82, 2.24) is 0 Å². The van der Waals surface area contributed by atoms with Gasteiger partial charge in [0.25, 0.3) is 0 Å². The van der Waals surface area contributed by atoms with Crippen molar-refractivity contribution in [3.05, 3.63) is 108 Å². The van der Waals surface area contributed by atoms with Crippen LogP contribution in [0.15, 0.2) is 91.5 Å². The topological polar surface area (TPSA) is 75.6 Å². The number of aldehydes is 1. The van der Waals surface area contributed by atoms with E-state index >= 15 is 0 Å². The van der Waals surface area contributed by atoms with Crippen molar-refractivity contribution in [2.24, 2.45) is 0 Å². The van der Waals surface area contributed by atoms with E-state index in [1.807, 2.05) is 74.7 Å². The number of methoxy groups -OCH3 is 1. The van der Waals surface area contributed by atoms with Gasteiger partial charge in [0.15, 0.2) is 12.1 Å². The lowest BCUT2D eigenvalue weighted by Crippen LogP contribution is -2.00. The van der Waals surface area contributed by atoms with Crippen molar-refractivity contribution in [3.8, 4) is 22.6 Å². The Kier molecular flexibility index (Phi) is 10.3. The van der Waals surface area contributed by atoms with Crippen molar-refractivity contribution in [1.29, 1.82) is 0 Å². The first-order chi connectivity index (χ1) is 16.9. The molecule has 0 atom stereocenters. The summed E-state index contributed by atoms with van der Waals surface area (Å²) in [6, 6.07) is 18.5. The number of hydrogen-bond donors (Lipinski definition) is 2. The number of carbonyl (C=O) groups excluding carboxylic acids is 2. The van der Waals surface area contributed by atoms with Crippen LogP contribution in [0, 0.1) is 0 Å². The van der Waals surface area contributed by atoms with E-state index in [2.05, 4.69) is 11.9 Å². The molecule has 0 unspecified atom stereocenters. The molecule has 35 heavy (non-hydrogen) atoms. The number of hydrogen-bond acceptors (Lipinski definition) is 5. The van der Waals surface area contributed by atoms with Crippen LogP contribution in [0.4, 0.5) is 5.69 Å². The highest BCUT2D eigenvalue weighted by Crippen LogP contribution is 2.32. The molecule has 3 aromatic rings. The van der Waals surface area contributed by atoms with Crippen LogP contribution in [0.1, 0.15) is 40.1 Å². The Hall–Kier alpha value is -4.38. The van der Waals surface area contributed by atoms with Gasteiger partial charge >= 0.3 is 0 Å². The van der Waals surface area contributed by atoms with Gasteiger partial charge in [0.1, 0.15) is 11.5 Å². The van der Waals surface area contributed by atoms with Crippen LogP contribution in [0.2, 0.25) is 0 Å². The van der Waals surface area contributed by atoms with E-state index < -0.39 is 0 Å². The molecular formula is C30H31NO4. The van der Waals surface area contributed by atoms with Gasteiger partial charge in [-0.05, 0) is 60.9 Å². The fraction of sp³-hybridized carbons (Fsp3) is 0.133. The molecule has 0 amide bonds. The maximum absolute atomic E-state index is 11.5. The first-order valence-corrected chi connectivity index (χ1v) is 11.1. The smallest absolute Gasteiger partial charge is 0.161 e. The molecule has 2 N–H and O–H groups in total. The van der Waals surface area contributed by atoms with Crippen LogP contribution >= 0.6 is 0 Å². The minimum absolute atomic E-state index is 0.00630. The number of ketones is 1. The summed E-state index contributed by atoms with van der Waals surface area (Å²) in [5.41, 5.74) is 5.60. The van der Waals surface area contributed by atoms with E-state index in [4.69, 9.17) is 4.74 Å². The van der Waals surface area contributed by atoms with Crippen molar-refractivity contribution in [2.45, 2.75) is 13.8 Å². The third-order valence-electron chi connectivity index (χ3n) is 5.26. The normalized spacial score (nSPS) is 10.8. The summed E-state index contributed by atoms with van der Waals surface area (Å²) in [4.78, 5) is 22.2. The van der Waals surface area contributed by atoms with Gasteiger partial charge in [0.2, 0.25) is 0 Å². The predicted octanol–water partition coefficient (Wildman–Crippen LogP) is 6.96. The highest BCUT2D eigenvalue weighted by Gasteiger charge is 2.10. The van der Waals surface area contributed by atoms with Gasteiger partial charge in [-0.3, -0.25) is 9.59 Å². The molecule has 0 aliphatic carbocycles. The standard InChI is InChI=1S/C16H17NO2.C14H14O2/c1-11(18)13-9-8-12(10-15(13)17-2)14-6-4-5-7-16(14)19-3;1-3-5-6-11(4-2)12-7-8-14(16)13(9-12)10-15/h4-10,17H,1-3H3;3-10,16H,2H2,1H3/b;5-3-,11-6+. The number of benzene rings is 3. The molecule has 0 aliphatic rings. The van der Waals surface area contributed by atoms with Gasteiger partial charge in [-0.2, -0.15) is 0 Å². The van der Waals surface area contributed by atoms with Crippen LogP contribution < -0.4 is 10.1 Å². The first-order valence-electron chi connectivity index (χ1n) is 11.1. The second kappa shape index (κ2) is 13.4. The monoisotopic (exact) mass is 469 g/mol. The number of allylic oxidation sites excluding steroid dienone is 5. The zero-order valence-corrected chi connectivity index (χ0v) is 20.5. The number of ether oxygens (including phenoxy) is 1. The molecule has 0 radical (unpaired) electrons. The number of rotatable bonds is 8. The van der Waals surface area contributed by atoms with Crippen molar-refractivity contribution < 1.29 is 19.4 Å². The largest absolute Gasteiger partial charge is 0.507 e. The van der Waals surface area contributed by atoms with Gasteiger partial charge in [0, 0.05) is 23.9 Å². The molecule has 0 aromatic heterocycles. The highest BCUT2D eigenvalue weighted by atomic mass is 16.5. The number of nitrogens with one attached hydrogen (secondary N) is 1. The van der Waals surface area contributed by atoms with Gasteiger partial charge in [-0.1, -0.05) is 61.2 Å². The average Bonchev–Trinajstić information content (AvgIpc) is 2.89. The van der Waals surface area contributed by atoms with Crippen molar-refractivity contribution in [2.75, 3.05) is 19.5 Å². The number of aromatic hydroxyl groups is 1. The molecule has 0 saturated carbocycles. The van der Waals surface area contributed by atoms with E-state index in [9.17, 15) is 14.7 Å². The molecule has 3 aromatic carbocycles. The summed E-state index contributed by atoms with van der Waals surface area (Å²) in [5, 5.41) is 12.4. The molecule has 0 spiro atoms. The van der Waals surface area contributed by atoms with Gasteiger partial charge in [0.05, 0.1) is 12.7 Å². The Morgan fingerprint density at radius 2 is 1.83 bits per heavy atom. The lowest BCUT2D eigenvalue weighted by Gasteiger charge is -2.12. The SMILES string of the molecule is C=C/C(=C\C=C/C)c1ccc(O)c(C=O)c1.CNc1cc(-c2ccccc2OC)ccc1C(C)=O. The fourth-order valence-electron chi connectivity index (χ4n) is 3.42. The van der Waals surface area contributed by atoms with Crippen LogP contribution in [0.25, 0.3) is 16.7 Å². The maximum atomic E-state index is 11.5. The lowest BCUT2D eigenvalue weighted by molar-refractivity contribution is 0.101. The number of Topliss-reactive ketones (excluding diaryl/α,β-unsaturated/α-hetero) is 1. The Balaban J connectivity index is 0.000000251. The summed E-state index contributed by atoms with van der Waals surface area (Å²) in [5.74, 6) is 0.865. The molecule has 0 heterocycles. The van der Waals surface area contributed by atoms with E-state index in [1.54, 1.807) is 32.2 Å². The molecule has 5 nitrogen and oxygen atoms in total. The van der Waals surface area contributed by atoms with Crippen molar-refractivity contribution >= 4 is 23.3 Å². The Bertz CT molecular complexity index is 1250. The van der Waals surface area contributed by atoms with E-state index in [0.29, 0.717) is 11.8 Å². The lowest BCUT2D eigenvalue weighted by atomic mass is 10.00. The van der Waals surface area contributed by atoms with Crippen LogP contribution in [0.3, 0.4) is 0 Å². The zero-order valence-electron chi connectivity index (χ0n) is 20.5. The third-order valence-corrected chi connectivity index (χ3v) is 5.26. The first kappa shape index (κ1) is 26.9. The number of phenols is 1. The number of carbonyl (C=O) groups is 2. The molecule has 0 aliphatic heterocycles. The quantitative estimate of drug-likeness (QED) is 0.212. The third kappa shape index (κ3) is 7.05. The van der Waals surface area contributed by atoms with Crippen LogP contribution in [-0.2, 0) is 0 Å². The Morgan fingerprint density at radius 1 is 1.09 bits per heavy atom. The second-order valence-corrected chi connectivity index (χ2v) is 7.51. The number of phenolic OH excluding ortho intramolecular Hbond substituents is 1. The number of para-hydroxylation sites is 1. The van der Waals surface area contributed by atoms with E-state index in [1.165, 1.54) is 6.07 Å². The molecule has 180 valence electrons. The van der Waals surface area contributed by atoms with Crippen molar-refractivity contribution in [3.63, 3.8) is 0 Å². The van der Waals surface area contributed by atoms with E-state index in [-0.39, 0.29) is 17.1 Å². The molecule has 3 rings (SSSR count). The minimum atomic E-state index is -0.00630. The summed E-state index contributed by atoms with van der Waals surface area (Å²) in [7, 11) is 3.47. The summed E-state index contributed by atoms with van der Waals surface area (Å²) < 4.78 is 5.36. The summed E-state index contributed by atoms with van der Waals surface area (Å²) >= 11 is 0. The Morgan fingerprint density at radius 3 is 2.43 bits per heavy atom. The molecule has 0 fully saturated rings.